The van der Waals surface area contributed by atoms with Crippen molar-refractivity contribution in [3.8, 4) is 17.4 Å². The van der Waals surface area contributed by atoms with E-state index < -0.39 is 0 Å². The molecular formula is C16H10Cl2N4O2. The van der Waals surface area contributed by atoms with Gasteiger partial charge in [-0.2, -0.15) is 10.4 Å². The third-order valence-electron chi connectivity index (χ3n) is 3.02. The first kappa shape index (κ1) is 16.1. The lowest BCUT2D eigenvalue weighted by atomic mass is 10.2. The van der Waals surface area contributed by atoms with Crippen molar-refractivity contribution in [3.63, 3.8) is 0 Å². The fourth-order valence-corrected chi connectivity index (χ4v) is 2.37. The van der Waals surface area contributed by atoms with Gasteiger partial charge in [0.2, 0.25) is 5.69 Å². The fraction of sp³-hybridized carbons (Fsp3) is 0.0625. The van der Waals surface area contributed by atoms with Crippen LogP contribution in [0.25, 0.3) is 11.3 Å². The molecular weight excluding hydrogens is 351 g/mol. The van der Waals surface area contributed by atoms with Crippen LogP contribution in [-0.2, 0) is 0 Å². The maximum Gasteiger partial charge on any atom is 0.252 e. The number of hydrazone groups is 1. The van der Waals surface area contributed by atoms with Gasteiger partial charge < -0.3 is 8.83 Å². The fourth-order valence-electron chi connectivity index (χ4n) is 1.99. The Hall–Kier alpha value is -2.75. The van der Waals surface area contributed by atoms with Crippen LogP contribution >= 0.6 is 23.2 Å². The topological polar surface area (TPSA) is 87.4 Å². The van der Waals surface area contributed by atoms with Crippen LogP contribution in [0.5, 0.6) is 0 Å². The number of halogens is 2. The Kier molecular flexibility index (Phi) is 4.56. The molecule has 3 aromatic rings. The Labute approximate surface area is 147 Å². The van der Waals surface area contributed by atoms with Crippen LogP contribution < -0.4 is 5.43 Å². The van der Waals surface area contributed by atoms with E-state index in [1.165, 1.54) is 6.21 Å². The smallest absolute Gasteiger partial charge is 0.252 e. The second-order valence-corrected chi connectivity index (χ2v) is 5.56. The summed E-state index contributed by atoms with van der Waals surface area (Å²) >= 11 is 12.1. The van der Waals surface area contributed by atoms with Crippen LogP contribution in [0.4, 0.5) is 5.88 Å². The molecule has 8 heteroatoms. The highest BCUT2D eigenvalue weighted by Gasteiger charge is 2.10. The number of aryl methyl sites for hydroxylation is 1. The molecule has 0 amide bonds. The van der Waals surface area contributed by atoms with E-state index in [1.807, 2.05) is 6.07 Å². The molecule has 24 heavy (non-hydrogen) atoms. The summed E-state index contributed by atoms with van der Waals surface area (Å²) < 4.78 is 10.9. The molecule has 1 N–H and O–H groups in total. The number of oxazole rings is 1. The van der Waals surface area contributed by atoms with Gasteiger partial charge in [0.05, 0.1) is 11.2 Å². The van der Waals surface area contributed by atoms with Gasteiger partial charge >= 0.3 is 0 Å². The zero-order valence-corrected chi connectivity index (χ0v) is 13.9. The van der Waals surface area contributed by atoms with E-state index >= 15 is 0 Å². The Morgan fingerprint density at radius 2 is 2.08 bits per heavy atom. The molecule has 0 spiro atoms. The van der Waals surface area contributed by atoms with E-state index in [2.05, 4.69) is 15.5 Å². The number of hydrogen-bond acceptors (Lipinski definition) is 6. The lowest BCUT2D eigenvalue weighted by Gasteiger charge is -2.00. The van der Waals surface area contributed by atoms with Crippen molar-refractivity contribution in [1.29, 1.82) is 5.26 Å². The number of anilines is 1. The minimum Gasteiger partial charge on any atom is -0.455 e. The van der Waals surface area contributed by atoms with Crippen molar-refractivity contribution >= 4 is 35.3 Å². The first-order valence-electron chi connectivity index (χ1n) is 6.78. The summed E-state index contributed by atoms with van der Waals surface area (Å²) in [6.45, 7) is 1.64. The predicted octanol–water partition coefficient (Wildman–Crippen LogP) is 4.87. The van der Waals surface area contributed by atoms with Gasteiger partial charge in [-0.15, -0.1) is 0 Å². The van der Waals surface area contributed by atoms with Gasteiger partial charge in [-0.05, 0) is 30.3 Å². The first-order chi connectivity index (χ1) is 11.6. The van der Waals surface area contributed by atoms with Crippen LogP contribution in [0.2, 0.25) is 10.0 Å². The molecule has 0 atom stereocenters. The van der Waals surface area contributed by atoms with Crippen LogP contribution in [0.3, 0.4) is 0 Å². The Morgan fingerprint density at radius 3 is 2.88 bits per heavy atom. The maximum absolute atomic E-state index is 8.92. The van der Waals surface area contributed by atoms with Crippen molar-refractivity contribution in [3.05, 3.63) is 57.7 Å². The molecule has 120 valence electrons. The number of nitriles is 1. The highest BCUT2D eigenvalue weighted by Crippen LogP contribution is 2.31. The van der Waals surface area contributed by atoms with Gasteiger partial charge in [0.1, 0.15) is 17.6 Å². The highest BCUT2D eigenvalue weighted by molar-refractivity contribution is 6.35. The highest BCUT2D eigenvalue weighted by atomic mass is 35.5. The van der Waals surface area contributed by atoms with Crippen molar-refractivity contribution < 1.29 is 8.83 Å². The summed E-state index contributed by atoms with van der Waals surface area (Å²) in [7, 11) is 0. The minimum atomic E-state index is 0.135. The molecule has 0 aliphatic carbocycles. The summed E-state index contributed by atoms with van der Waals surface area (Å²) in [5.41, 5.74) is 3.44. The molecule has 0 radical (unpaired) electrons. The monoisotopic (exact) mass is 360 g/mol. The van der Waals surface area contributed by atoms with Crippen molar-refractivity contribution in [2.45, 2.75) is 6.92 Å². The van der Waals surface area contributed by atoms with Gasteiger partial charge in [-0.1, -0.05) is 23.2 Å². The number of aromatic nitrogens is 1. The second kappa shape index (κ2) is 6.79. The largest absolute Gasteiger partial charge is 0.455 e. The van der Waals surface area contributed by atoms with E-state index in [-0.39, 0.29) is 11.6 Å². The normalized spacial score (nSPS) is 10.9. The summed E-state index contributed by atoms with van der Waals surface area (Å²) in [5.74, 6) is 1.61. The zero-order valence-electron chi connectivity index (χ0n) is 12.4. The average molecular weight is 361 g/mol. The molecule has 0 saturated heterocycles. The molecule has 2 heterocycles. The third-order valence-corrected chi connectivity index (χ3v) is 3.58. The molecule has 0 fully saturated rings. The molecule has 0 aliphatic heterocycles. The van der Waals surface area contributed by atoms with Gasteiger partial charge in [-0.25, -0.2) is 10.4 Å². The maximum atomic E-state index is 8.92. The van der Waals surface area contributed by atoms with Crippen molar-refractivity contribution in [2.24, 2.45) is 5.10 Å². The molecule has 0 bridgehead atoms. The zero-order chi connectivity index (χ0) is 17.1. The van der Waals surface area contributed by atoms with Crippen molar-refractivity contribution in [2.75, 3.05) is 5.43 Å². The molecule has 0 aliphatic rings. The molecule has 6 nitrogen and oxygen atoms in total. The number of hydrogen-bond donors (Lipinski definition) is 1. The Balaban J connectivity index is 1.76. The third kappa shape index (κ3) is 3.43. The summed E-state index contributed by atoms with van der Waals surface area (Å²) in [6, 6.07) is 10.5. The molecule has 2 aromatic heterocycles. The summed E-state index contributed by atoms with van der Waals surface area (Å²) in [5, 5.41) is 14.0. The first-order valence-corrected chi connectivity index (χ1v) is 7.54. The number of furan rings is 1. The van der Waals surface area contributed by atoms with Crippen LogP contribution in [0.15, 0.2) is 44.3 Å². The average Bonchev–Trinajstić information content (AvgIpc) is 3.16. The van der Waals surface area contributed by atoms with E-state index in [1.54, 1.807) is 37.3 Å². The standard InChI is InChI=1S/C16H10Cl2N4O2/c1-9-21-14(7-19)16(23-9)22-20-8-11-3-5-15(24-11)12-6-10(17)2-4-13(12)18/h2-6,8,22H,1H3. The predicted molar refractivity (Wildman–Crippen MR) is 91.3 cm³/mol. The van der Waals surface area contributed by atoms with Gasteiger partial charge in [0.15, 0.2) is 5.89 Å². The van der Waals surface area contributed by atoms with E-state index in [9.17, 15) is 0 Å². The molecule has 3 rings (SSSR count). The van der Waals surface area contributed by atoms with E-state index in [4.69, 9.17) is 37.3 Å². The van der Waals surface area contributed by atoms with Crippen LogP contribution in [0.1, 0.15) is 17.3 Å². The molecule has 1 aromatic carbocycles. The SMILES string of the molecule is Cc1nc(C#N)c(NN=Cc2ccc(-c3cc(Cl)ccc3Cl)o2)o1. The van der Waals surface area contributed by atoms with Gasteiger partial charge in [0, 0.05) is 17.5 Å². The van der Waals surface area contributed by atoms with E-state index in [0.29, 0.717) is 33.0 Å². The Bertz CT molecular complexity index is 953. The second-order valence-electron chi connectivity index (χ2n) is 4.72. The van der Waals surface area contributed by atoms with Gasteiger partial charge in [-0.3, -0.25) is 0 Å². The quantitative estimate of drug-likeness (QED) is 0.529. The summed E-state index contributed by atoms with van der Waals surface area (Å²) in [6.07, 6.45) is 1.45. The minimum absolute atomic E-state index is 0.135. The lowest BCUT2D eigenvalue weighted by molar-refractivity contribution is 0.533. The Morgan fingerprint density at radius 1 is 1.25 bits per heavy atom. The van der Waals surface area contributed by atoms with Gasteiger partial charge in [0.25, 0.3) is 5.88 Å². The van der Waals surface area contributed by atoms with Crippen LogP contribution in [-0.4, -0.2) is 11.2 Å². The van der Waals surface area contributed by atoms with Crippen LogP contribution in [0, 0.1) is 18.3 Å². The number of benzene rings is 1. The summed E-state index contributed by atoms with van der Waals surface area (Å²) in [4.78, 5) is 3.90. The van der Waals surface area contributed by atoms with E-state index in [0.717, 1.165) is 0 Å². The lowest BCUT2D eigenvalue weighted by Crippen LogP contribution is -1.90. The number of rotatable bonds is 4. The molecule has 0 unspecified atom stereocenters. The number of nitrogens with zero attached hydrogens (tertiary/aromatic N) is 3. The number of nitrogens with one attached hydrogen (secondary N) is 1. The van der Waals surface area contributed by atoms with Crippen molar-refractivity contribution in [1.82, 2.24) is 4.98 Å². The molecule has 0 saturated carbocycles.